The Morgan fingerprint density at radius 3 is 2.78 bits per heavy atom. The molecule has 1 amide bonds. The number of H-pyrrole nitrogens is 1. The summed E-state index contributed by atoms with van der Waals surface area (Å²) in [5, 5.41) is 0.922. The molecule has 3 N–H and O–H groups in total. The summed E-state index contributed by atoms with van der Waals surface area (Å²) >= 11 is 0. The molecule has 1 aliphatic heterocycles. The highest BCUT2D eigenvalue weighted by atomic mass is 16.2. The Morgan fingerprint density at radius 2 is 2.00 bits per heavy atom. The highest BCUT2D eigenvalue weighted by molar-refractivity contribution is 6.07. The van der Waals surface area contributed by atoms with Crippen molar-refractivity contribution < 1.29 is 4.79 Å². The number of nitrogens with one attached hydrogen (secondary N) is 1. The van der Waals surface area contributed by atoms with Crippen molar-refractivity contribution >= 4 is 22.5 Å². The first-order valence-electron chi connectivity index (χ1n) is 6.41. The number of rotatable bonds is 1. The molecule has 0 bridgehead atoms. The predicted molar refractivity (Wildman–Crippen MR) is 72.5 cm³/mol. The molecule has 0 unspecified atom stereocenters. The Balaban J connectivity index is 1.98. The van der Waals surface area contributed by atoms with Crippen LogP contribution in [0.4, 0.5) is 5.69 Å². The molecular weight excluding hydrogens is 226 g/mol. The van der Waals surface area contributed by atoms with Crippen LogP contribution in [-0.4, -0.2) is 28.9 Å². The largest absolute Gasteiger partial charge is 0.399 e. The second kappa shape index (κ2) is 4.37. The van der Waals surface area contributed by atoms with Gasteiger partial charge < -0.3 is 15.6 Å². The van der Waals surface area contributed by atoms with Gasteiger partial charge in [0.2, 0.25) is 0 Å². The minimum absolute atomic E-state index is 0.117. The summed E-state index contributed by atoms with van der Waals surface area (Å²) in [6.07, 6.45) is 5.23. The number of carbonyl (C=O) groups excluding carboxylic acids is 1. The number of carbonyl (C=O) groups is 1. The predicted octanol–water partition coefficient (Wildman–Crippen LogP) is 2.38. The Hall–Kier alpha value is -1.97. The highest BCUT2D eigenvalue weighted by Crippen LogP contribution is 2.23. The normalized spacial score (nSPS) is 16.1. The van der Waals surface area contributed by atoms with E-state index in [9.17, 15) is 4.79 Å². The van der Waals surface area contributed by atoms with Gasteiger partial charge in [-0.25, -0.2) is 0 Å². The molecule has 4 nitrogen and oxygen atoms in total. The molecule has 0 aliphatic carbocycles. The van der Waals surface area contributed by atoms with Crippen molar-refractivity contribution in [2.75, 3.05) is 18.8 Å². The Labute approximate surface area is 106 Å². The molecule has 1 fully saturated rings. The average molecular weight is 243 g/mol. The summed E-state index contributed by atoms with van der Waals surface area (Å²) in [5.41, 5.74) is 8.18. The number of hydrogen-bond acceptors (Lipinski definition) is 2. The van der Waals surface area contributed by atoms with E-state index >= 15 is 0 Å². The van der Waals surface area contributed by atoms with Crippen molar-refractivity contribution in [1.82, 2.24) is 9.88 Å². The lowest BCUT2D eigenvalue weighted by Gasteiger charge is -2.26. The Bertz CT molecular complexity index is 582. The topological polar surface area (TPSA) is 62.1 Å². The monoisotopic (exact) mass is 243 g/mol. The second-order valence-corrected chi connectivity index (χ2v) is 4.86. The van der Waals surface area contributed by atoms with Gasteiger partial charge in [-0.15, -0.1) is 0 Å². The molecule has 0 saturated carbocycles. The van der Waals surface area contributed by atoms with Gasteiger partial charge in [-0.3, -0.25) is 4.79 Å². The van der Waals surface area contributed by atoms with E-state index in [2.05, 4.69) is 4.98 Å². The van der Waals surface area contributed by atoms with Crippen LogP contribution in [0.15, 0.2) is 24.4 Å². The third-order valence-corrected chi connectivity index (χ3v) is 3.58. The van der Waals surface area contributed by atoms with Crippen LogP contribution >= 0.6 is 0 Å². The van der Waals surface area contributed by atoms with Gasteiger partial charge in [-0.2, -0.15) is 0 Å². The number of fused-ring (bicyclic) bond motifs is 1. The minimum atomic E-state index is 0.117. The van der Waals surface area contributed by atoms with Gasteiger partial charge in [0, 0.05) is 35.9 Å². The van der Waals surface area contributed by atoms with Crippen LogP contribution in [0.2, 0.25) is 0 Å². The first kappa shape index (κ1) is 11.1. The first-order chi connectivity index (χ1) is 8.75. The van der Waals surface area contributed by atoms with Crippen molar-refractivity contribution in [2.24, 2.45) is 0 Å². The lowest BCUT2D eigenvalue weighted by atomic mass is 10.1. The lowest BCUT2D eigenvalue weighted by molar-refractivity contribution is 0.0726. The van der Waals surface area contributed by atoms with Crippen molar-refractivity contribution in [3.63, 3.8) is 0 Å². The molecule has 1 saturated heterocycles. The van der Waals surface area contributed by atoms with Crippen LogP contribution in [-0.2, 0) is 0 Å². The number of nitrogens with zero attached hydrogens (tertiary/aromatic N) is 1. The van der Waals surface area contributed by atoms with Gasteiger partial charge in [0.1, 0.15) is 0 Å². The maximum atomic E-state index is 12.5. The number of hydrogen-bond donors (Lipinski definition) is 2. The van der Waals surface area contributed by atoms with Gasteiger partial charge >= 0.3 is 0 Å². The molecule has 2 heterocycles. The molecule has 4 heteroatoms. The molecule has 0 spiro atoms. The smallest absolute Gasteiger partial charge is 0.256 e. The number of aromatic amines is 1. The molecule has 2 aromatic rings. The molecule has 18 heavy (non-hydrogen) atoms. The summed E-state index contributed by atoms with van der Waals surface area (Å²) in [5.74, 6) is 0.117. The molecule has 0 atom stereocenters. The maximum absolute atomic E-state index is 12.5. The molecule has 0 radical (unpaired) electrons. The van der Waals surface area contributed by atoms with Gasteiger partial charge in [0.05, 0.1) is 5.56 Å². The number of nitrogens with two attached hydrogens (primary N) is 1. The Morgan fingerprint density at radius 1 is 1.22 bits per heavy atom. The fourth-order valence-corrected chi connectivity index (χ4v) is 2.58. The van der Waals surface area contributed by atoms with Crippen LogP contribution in [0.5, 0.6) is 0 Å². The first-order valence-corrected chi connectivity index (χ1v) is 6.41. The molecule has 1 aromatic heterocycles. The lowest BCUT2D eigenvalue weighted by Crippen LogP contribution is -2.35. The fraction of sp³-hybridized carbons (Fsp3) is 0.357. The van der Waals surface area contributed by atoms with E-state index in [1.807, 2.05) is 23.1 Å². The average Bonchev–Trinajstić information content (AvgIpc) is 2.82. The van der Waals surface area contributed by atoms with Gasteiger partial charge in [0.15, 0.2) is 0 Å². The standard InChI is InChI=1S/C14H17N3O/c15-10-4-5-13-11(8-10)12(9-16-13)14(18)17-6-2-1-3-7-17/h4-5,8-9,16H,1-3,6-7,15H2. The summed E-state index contributed by atoms with van der Waals surface area (Å²) in [6.45, 7) is 1.74. The second-order valence-electron chi connectivity index (χ2n) is 4.86. The zero-order chi connectivity index (χ0) is 12.5. The van der Waals surface area contributed by atoms with E-state index < -0.39 is 0 Å². The highest BCUT2D eigenvalue weighted by Gasteiger charge is 2.20. The van der Waals surface area contributed by atoms with Gasteiger partial charge in [-0.05, 0) is 37.5 Å². The third-order valence-electron chi connectivity index (χ3n) is 3.58. The SMILES string of the molecule is Nc1ccc2[nH]cc(C(=O)N3CCCCC3)c2c1. The van der Waals surface area contributed by atoms with Crippen LogP contribution in [0, 0.1) is 0 Å². The minimum Gasteiger partial charge on any atom is -0.399 e. The summed E-state index contributed by atoms with van der Waals surface area (Å²) in [7, 11) is 0. The number of aromatic nitrogens is 1. The number of nitrogen functional groups attached to an aromatic ring is 1. The molecule has 1 aromatic carbocycles. The van der Waals surface area contributed by atoms with E-state index in [0.717, 1.165) is 42.4 Å². The molecule has 3 rings (SSSR count). The van der Waals surface area contributed by atoms with E-state index in [1.54, 1.807) is 6.20 Å². The number of amides is 1. The summed E-state index contributed by atoms with van der Waals surface area (Å²) < 4.78 is 0. The van der Waals surface area contributed by atoms with E-state index in [0.29, 0.717) is 5.69 Å². The van der Waals surface area contributed by atoms with Crippen molar-refractivity contribution in [1.29, 1.82) is 0 Å². The molecular formula is C14H17N3O. The number of benzene rings is 1. The molecule has 94 valence electrons. The quantitative estimate of drug-likeness (QED) is 0.755. The Kier molecular flexibility index (Phi) is 2.70. The van der Waals surface area contributed by atoms with E-state index in [4.69, 9.17) is 5.73 Å². The van der Waals surface area contributed by atoms with Crippen molar-refractivity contribution in [2.45, 2.75) is 19.3 Å². The summed E-state index contributed by atoms with van der Waals surface area (Å²) in [4.78, 5) is 17.5. The van der Waals surface area contributed by atoms with Crippen LogP contribution < -0.4 is 5.73 Å². The number of anilines is 1. The number of likely N-dealkylation sites (tertiary alicyclic amines) is 1. The third kappa shape index (κ3) is 1.83. The fourth-order valence-electron chi connectivity index (χ4n) is 2.58. The maximum Gasteiger partial charge on any atom is 0.256 e. The molecule has 1 aliphatic rings. The van der Waals surface area contributed by atoms with Crippen molar-refractivity contribution in [3.8, 4) is 0 Å². The summed E-state index contributed by atoms with van der Waals surface area (Å²) in [6, 6.07) is 5.62. The van der Waals surface area contributed by atoms with Gasteiger partial charge in [0.25, 0.3) is 5.91 Å². The van der Waals surface area contributed by atoms with E-state index in [-0.39, 0.29) is 5.91 Å². The van der Waals surface area contributed by atoms with Crippen LogP contribution in [0.1, 0.15) is 29.6 Å². The van der Waals surface area contributed by atoms with Crippen LogP contribution in [0.3, 0.4) is 0 Å². The van der Waals surface area contributed by atoms with Crippen molar-refractivity contribution in [3.05, 3.63) is 30.0 Å². The van der Waals surface area contributed by atoms with Crippen LogP contribution in [0.25, 0.3) is 10.9 Å². The van der Waals surface area contributed by atoms with Gasteiger partial charge in [-0.1, -0.05) is 0 Å². The number of piperidine rings is 1. The zero-order valence-corrected chi connectivity index (χ0v) is 10.3. The zero-order valence-electron chi connectivity index (χ0n) is 10.3. The van der Waals surface area contributed by atoms with E-state index in [1.165, 1.54) is 6.42 Å².